The van der Waals surface area contributed by atoms with Gasteiger partial charge in [-0.25, -0.2) is 0 Å². The highest BCUT2D eigenvalue weighted by Gasteiger charge is 2.41. The van der Waals surface area contributed by atoms with Gasteiger partial charge in [-0.3, -0.25) is 0 Å². The zero-order valence-electron chi connectivity index (χ0n) is 18.0. The van der Waals surface area contributed by atoms with Gasteiger partial charge in [0, 0.05) is 11.5 Å². The van der Waals surface area contributed by atoms with E-state index in [2.05, 4.69) is 54.6 Å². The highest BCUT2D eigenvalue weighted by Crippen LogP contribution is 2.42. The summed E-state index contributed by atoms with van der Waals surface area (Å²) < 4.78 is 12.4. The van der Waals surface area contributed by atoms with Crippen LogP contribution in [0.15, 0.2) is 96.6 Å². The Morgan fingerprint density at radius 3 is 1.74 bits per heavy atom. The lowest BCUT2D eigenvalue weighted by atomic mass is 9.87. The molecule has 3 nitrogen and oxygen atoms in total. The van der Waals surface area contributed by atoms with Crippen molar-refractivity contribution in [3.63, 3.8) is 0 Å². The molecule has 3 heteroatoms. The van der Waals surface area contributed by atoms with Crippen LogP contribution in [0.4, 0.5) is 0 Å². The molecule has 0 heterocycles. The average Bonchev–Trinajstić information content (AvgIpc) is 3.11. The zero-order valence-corrected chi connectivity index (χ0v) is 18.0. The van der Waals surface area contributed by atoms with E-state index in [1.165, 1.54) is 22.3 Å². The highest BCUT2D eigenvalue weighted by atomic mass is 16.5. The third-order valence-corrected chi connectivity index (χ3v) is 5.90. The SMILES string of the molecule is NC1CC(COCc2ccccc2)(COCc2ccccc2)C/C1=C/c1ccccc1. The summed E-state index contributed by atoms with van der Waals surface area (Å²) >= 11 is 0. The Morgan fingerprint density at radius 2 is 1.23 bits per heavy atom. The highest BCUT2D eigenvalue weighted by molar-refractivity contribution is 5.55. The topological polar surface area (TPSA) is 44.5 Å². The molecule has 0 spiro atoms. The molecular formula is C28H31NO2. The summed E-state index contributed by atoms with van der Waals surface area (Å²) in [6, 6.07) is 31.1. The van der Waals surface area contributed by atoms with E-state index in [0.717, 1.165) is 12.8 Å². The van der Waals surface area contributed by atoms with Crippen LogP contribution in [-0.2, 0) is 22.7 Å². The van der Waals surface area contributed by atoms with Gasteiger partial charge in [0.05, 0.1) is 26.4 Å². The van der Waals surface area contributed by atoms with Crippen molar-refractivity contribution in [1.29, 1.82) is 0 Å². The van der Waals surface area contributed by atoms with Crippen LogP contribution >= 0.6 is 0 Å². The maximum Gasteiger partial charge on any atom is 0.0717 e. The normalized spacial score (nSPS) is 19.0. The lowest BCUT2D eigenvalue weighted by Crippen LogP contribution is -2.31. The Hall–Kier alpha value is -2.72. The summed E-state index contributed by atoms with van der Waals surface area (Å²) in [5, 5.41) is 0. The van der Waals surface area contributed by atoms with Crippen molar-refractivity contribution in [2.24, 2.45) is 11.1 Å². The second-order valence-electron chi connectivity index (χ2n) is 8.57. The van der Waals surface area contributed by atoms with Gasteiger partial charge in [0.2, 0.25) is 0 Å². The molecule has 160 valence electrons. The lowest BCUT2D eigenvalue weighted by Gasteiger charge is -2.28. The maximum atomic E-state index is 6.59. The smallest absolute Gasteiger partial charge is 0.0717 e. The minimum atomic E-state index is -0.108. The summed E-state index contributed by atoms with van der Waals surface area (Å²) in [6.45, 7) is 2.48. The van der Waals surface area contributed by atoms with Crippen LogP contribution in [0.25, 0.3) is 6.08 Å². The van der Waals surface area contributed by atoms with Crippen molar-refractivity contribution in [3.05, 3.63) is 113 Å². The molecule has 31 heavy (non-hydrogen) atoms. The van der Waals surface area contributed by atoms with Crippen molar-refractivity contribution in [2.45, 2.75) is 32.1 Å². The van der Waals surface area contributed by atoms with E-state index < -0.39 is 0 Å². The van der Waals surface area contributed by atoms with E-state index >= 15 is 0 Å². The second-order valence-corrected chi connectivity index (χ2v) is 8.57. The molecule has 1 aliphatic carbocycles. The first-order valence-corrected chi connectivity index (χ1v) is 11.0. The van der Waals surface area contributed by atoms with Gasteiger partial charge in [-0.1, -0.05) is 103 Å². The van der Waals surface area contributed by atoms with Gasteiger partial charge < -0.3 is 15.2 Å². The minimum Gasteiger partial charge on any atom is -0.376 e. The Labute approximate surface area is 185 Å². The van der Waals surface area contributed by atoms with E-state index in [4.69, 9.17) is 15.2 Å². The van der Waals surface area contributed by atoms with E-state index in [1.807, 2.05) is 42.5 Å². The second kappa shape index (κ2) is 10.5. The van der Waals surface area contributed by atoms with Crippen molar-refractivity contribution < 1.29 is 9.47 Å². The van der Waals surface area contributed by atoms with Crippen molar-refractivity contribution in [2.75, 3.05) is 13.2 Å². The monoisotopic (exact) mass is 413 g/mol. The fraction of sp³-hybridized carbons (Fsp3) is 0.286. The van der Waals surface area contributed by atoms with Crippen LogP contribution in [0.3, 0.4) is 0 Å². The predicted molar refractivity (Wildman–Crippen MR) is 126 cm³/mol. The first-order chi connectivity index (χ1) is 15.2. The quantitative estimate of drug-likeness (QED) is 0.496. The minimum absolute atomic E-state index is 0.0286. The van der Waals surface area contributed by atoms with Crippen molar-refractivity contribution in [3.8, 4) is 0 Å². The summed E-state index contributed by atoms with van der Waals surface area (Å²) in [6.07, 6.45) is 4.00. The fourth-order valence-electron chi connectivity index (χ4n) is 4.34. The van der Waals surface area contributed by atoms with Gasteiger partial charge in [0.15, 0.2) is 0 Å². The molecule has 1 aliphatic rings. The third kappa shape index (κ3) is 6.14. The summed E-state index contributed by atoms with van der Waals surface area (Å²) in [5.41, 5.74) is 11.3. The van der Waals surface area contributed by atoms with Crippen molar-refractivity contribution in [1.82, 2.24) is 0 Å². The van der Waals surface area contributed by atoms with Crippen LogP contribution in [-0.4, -0.2) is 19.3 Å². The van der Waals surface area contributed by atoms with Crippen LogP contribution in [0.5, 0.6) is 0 Å². The van der Waals surface area contributed by atoms with E-state index in [0.29, 0.717) is 26.4 Å². The maximum absolute atomic E-state index is 6.59. The van der Waals surface area contributed by atoms with Crippen LogP contribution in [0.2, 0.25) is 0 Å². The van der Waals surface area contributed by atoms with Gasteiger partial charge >= 0.3 is 0 Å². The van der Waals surface area contributed by atoms with Crippen LogP contribution in [0, 0.1) is 5.41 Å². The molecule has 1 atom stereocenters. The number of benzene rings is 3. The fourth-order valence-corrected chi connectivity index (χ4v) is 4.34. The Balaban J connectivity index is 1.44. The number of rotatable bonds is 9. The number of nitrogens with two attached hydrogens (primary N) is 1. The third-order valence-electron chi connectivity index (χ3n) is 5.90. The molecule has 0 amide bonds. The van der Waals surface area contributed by atoms with Crippen molar-refractivity contribution >= 4 is 6.08 Å². The Kier molecular flexibility index (Phi) is 7.31. The molecule has 0 radical (unpaired) electrons. The van der Waals surface area contributed by atoms with Crippen LogP contribution < -0.4 is 5.73 Å². The number of hydrogen-bond acceptors (Lipinski definition) is 3. The summed E-state index contributed by atoms with van der Waals surface area (Å²) in [4.78, 5) is 0. The first-order valence-electron chi connectivity index (χ1n) is 11.0. The Bertz CT molecular complexity index is 909. The average molecular weight is 414 g/mol. The van der Waals surface area contributed by atoms with E-state index in [1.54, 1.807) is 0 Å². The lowest BCUT2D eigenvalue weighted by molar-refractivity contribution is -0.0290. The van der Waals surface area contributed by atoms with Gasteiger partial charge in [0.1, 0.15) is 0 Å². The number of ether oxygens (including phenoxy) is 2. The molecule has 3 aromatic carbocycles. The molecule has 1 fully saturated rings. The van der Waals surface area contributed by atoms with Gasteiger partial charge in [-0.2, -0.15) is 0 Å². The molecule has 2 N–H and O–H groups in total. The molecule has 3 aromatic rings. The predicted octanol–water partition coefficient (Wildman–Crippen LogP) is 5.61. The molecular weight excluding hydrogens is 382 g/mol. The molecule has 4 rings (SSSR count). The number of hydrogen-bond donors (Lipinski definition) is 1. The molecule has 0 aromatic heterocycles. The largest absolute Gasteiger partial charge is 0.376 e. The Morgan fingerprint density at radius 1 is 0.742 bits per heavy atom. The molecule has 0 bridgehead atoms. The van der Waals surface area contributed by atoms with Crippen LogP contribution in [0.1, 0.15) is 29.5 Å². The van der Waals surface area contributed by atoms with Gasteiger partial charge in [-0.15, -0.1) is 0 Å². The summed E-state index contributed by atoms with van der Waals surface area (Å²) in [7, 11) is 0. The first kappa shape index (κ1) is 21.5. The molecule has 1 saturated carbocycles. The zero-order chi connectivity index (χ0) is 21.4. The molecule has 0 aliphatic heterocycles. The summed E-state index contributed by atoms with van der Waals surface area (Å²) in [5.74, 6) is 0. The molecule has 0 saturated heterocycles. The standard InChI is InChI=1S/C28H31NO2/c29-27-18-28(21-30-19-24-12-6-2-7-13-24,22-31-20-25-14-8-3-9-15-25)17-26(27)16-23-10-4-1-5-11-23/h1-16,27H,17-22,29H2/b26-16-. The van der Waals surface area contributed by atoms with Gasteiger partial charge in [-0.05, 0) is 29.5 Å². The van der Waals surface area contributed by atoms with E-state index in [-0.39, 0.29) is 11.5 Å². The van der Waals surface area contributed by atoms with E-state index in [9.17, 15) is 0 Å². The van der Waals surface area contributed by atoms with Gasteiger partial charge in [0.25, 0.3) is 0 Å². The molecule has 1 unspecified atom stereocenters.